The Morgan fingerprint density at radius 1 is 1.30 bits per heavy atom. The van der Waals surface area contributed by atoms with Gasteiger partial charge in [-0.15, -0.1) is 0 Å². The van der Waals surface area contributed by atoms with Crippen molar-refractivity contribution in [2.75, 3.05) is 6.54 Å². The summed E-state index contributed by atoms with van der Waals surface area (Å²) >= 11 is 0. The maximum atomic E-state index is 4.68. The Bertz CT molecular complexity index is 391. The zero-order chi connectivity index (χ0) is 14.4. The normalized spacial score (nSPS) is 17.8. The van der Waals surface area contributed by atoms with Crippen molar-refractivity contribution in [3.8, 4) is 0 Å². The molecule has 0 bridgehead atoms. The summed E-state index contributed by atoms with van der Waals surface area (Å²) in [5.41, 5.74) is 2.64. The Kier molecular flexibility index (Phi) is 6.08. The van der Waals surface area contributed by atoms with Crippen molar-refractivity contribution < 1.29 is 0 Å². The molecule has 3 heteroatoms. The van der Waals surface area contributed by atoms with Gasteiger partial charge in [0.25, 0.3) is 0 Å². The number of hydrogen-bond donors (Lipinski definition) is 1. The zero-order valence-electron chi connectivity index (χ0n) is 13.5. The lowest BCUT2D eigenvalue weighted by Crippen LogP contribution is -2.33. The van der Waals surface area contributed by atoms with Crippen LogP contribution in [-0.4, -0.2) is 22.4 Å². The smallest absolute Gasteiger partial charge is 0.0624 e. The minimum Gasteiger partial charge on any atom is -0.314 e. The monoisotopic (exact) mass is 277 g/mol. The van der Waals surface area contributed by atoms with Crippen LogP contribution in [0, 0.1) is 5.92 Å². The molecule has 0 amide bonds. The van der Waals surface area contributed by atoms with E-state index in [1.165, 1.54) is 43.5 Å². The summed E-state index contributed by atoms with van der Waals surface area (Å²) in [6, 6.07) is 2.93. The van der Waals surface area contributed by atoms with Crippen LogP contribution in [-0.2, 0) is 19.4 Å². The average Bonchev–Trinajstić information content (AvgIpc) is 3.08. The van der Waals surface area contributed by atoms with Gasteiger partial charge < -0.3 is 5.32 Å². The molecular weight excluding hydrogens is 246 g/mol. The minimum absolute atomic E-state index is 0.620. The highest BCUT2D eigenvalue weighted by atomic mass is 15.3. The molecule has 1 atom stereocenters. The van der Waals surface area contributed by atoms with Gasteiger partial charge in [0.15, 0.2) is 0 Å². The third-order valence-electron chi connectivity index (χ3n) is 4.62. The van der Waals surface area contributed by atoms with Gasteiger partial charge in [-0.05, 0) is 38.3 Å². The molecule has 0 aromatic carbocycles. The van der Waals surface area contributed by atoms with Crippen molar-refractivity contribution in [2.45, 2.75) is 78.3 Å². The van der Waals surface area contributed by atoms with Gasteiger partial charge in [0, 0.05) is 24.7 Å². The predicted molar refractivity (Wildman–Crippen MR) is 85.0 cm³/mol. The molecule has 1 saturated carbocycles. The lowest BCUT2D eigenvalue weighted by Gasteiger charge is -2.21. The van der Waals surface area contributed by atoms with Crippen molar-refractivity contribution in [1.29, 1.82) is 0 Å². The van der Waals surface area contributed by atoms with Crippen LogP contribution in [0.5, 0.6) is 0 Å². The quantitative estimate of drug-likeness (QED) is 0.787. The molecule has 0 aliphatic heterocycles. The number of rotatable bonds is 8. The Balaban J connectivity index is 2.00. The van der Waals surface area contributed by atoms with Crippen LogP contribution < -0.4 is 5.32 Å². The van der Waals surface area contributed by atoms with Crippen molar-refractivity contribution >= 4 is 0 Å². The molecule has 1 aliphatic rings. The van der Waals surface area contributed by atoms with Crippen LogP contribution in [0.4, 0.5) is 0 Å². The molecule has 1 unspecified atom stereocenters. The van der Waals surface area contributed by atoms with Crippen LogP contribution in [0.15, 0.2) is 6.07 Å². The molecule has 1 fully saturated rings. The molecular formula is C17H31N3. The maximum Gasteiger partial charge on any atom is 0.0624 e. The maximum absolute atomic E-state index is 4.68. The van der Waals surface area contributed by atoms with Gasteiger partial charge in [0.05, 0.1) is 5.69 Å². The summed E-state index contributed by atoms with van der Waals surface area (Å²) in [6.45, 7) is 8.65. The first kappa shape index (κ1) is 15.6. The fraction of sp³-hybridized carbons (Fsp3) is 0.824. The first-order valence-corrected chi connectivity index (χ1v) is 8.55. The second-order valence-electron chi connectivity index (χ2n) is 6.14. The molecule has 1 aliphatic carbocycles. The van der Waals surface area contributed by atoms with E-state index in [-0.39, 0.29) is 0 Å². The highest BCUT2D eigenvalue weighted by Gasteiger charge is 2.21. The van der Waals surface area contributed by atoms with E-state index in [2.05, 4.69) is 41.9 Å². The number of likely N-dealkylation sites (N-methyl/N-ethyl adjacent to an activating group) is 1. The van der Waals surface area contributed by atoms with E-state index in [0.29, 0.717) is 6.04 Å². The molecule has 114 valence electrons. The van der Waals surface area contributed by atoms with E-state index >= 15 is 0 Å². The first-order valence-electron chi connectivity index (χ1n) is 8.55. The lowest BCUT2D eigenvalue weighted by molar-refractivity contribution is 0.383. The second kappa shape index (κ2) is 7.82. The third-order valence-corrected chi connectivity index (χ3v) is 4.62. The van der Waals surface area contributed by atoms with Gasteiger partial charge in [0.2, 0.25) is 0 Å². The topological polar surface area (TPSA) is 29.9 Å². The number of aryl methyl sites for hydroxylation is 2. The van der Waals surface area contributed by atoms with Crippen molar-refractivity contribution in [3.05, 3.63) is 17.5 Å². The summed E-state index contributed by atoms with van der Waals surface area (Å²) in [5, 5.41) is 8.38. The molecule has 0 radical (unpaired) electrons. The van der Waals surface area contributed by atoms with E-state index in [1.807, 2.05) is 0 Å². The van der Waals surface area contributed by atoms with Crippen LogP contribution in [0.25, 0.3) is 0 Å². The van der Waals surface area contributed by atoms with Crippen molar-refractivity contribution in [2.24, 2.45) is 5.92 Å². The predicted octanol–water partition coefficient (Wildman–Crippen LogP) is 3.57. The summed E-state index contributed by atoms with van der Waals surface area (Å²) in [5.74, 6) is 0.947. The summed E-state index contributed by atoms with van der Waals surface area (Å²) in [6.07, 6.45) is 9.26. The molecule has 1 heterocycles. The number of nitrogens with zero attached hydrogens (tertiary/aromatic N) is 2. The molecule has 1 aromatic heterocycles. The molecule has 0 spiro atoms. The largest absolute Gasteiger partial charge is 0.314 e. The minimum atomic E-state index is 0.620. The molecule has 20 heavy (non-hydrogen) atoms. The Labute approximate surface area is 124 Å². The van der Waals surface area contributed by atoms with Crippen LogP contribution in [0.2, 0.25) is 0 Å². The van der Waals surface area contributed by atoms with Gasteiger partial charge >= 0.3 is 0 Å². The highest BCUT2D eigenvalue weighted by Crippen LogP contribution is 2.29. The van der Waals surface area contributed by atoms with Gasteiger partial charge in [-0.25, -0.2) is 0 Å². The Morgan fingerprint density at radius 3 is 2.65 bits per heavy atom. The number of hydrogen-bond acceptors (Lipinski definition) is 2. The van der Waals surface area contributed by atoms with Gasteiger partial charge in [-0.1, -0.05) is 39.5 Å². The van der Waals surface area contributed by atoms with E-state index in [1.54, 1.807) is 0 Å². The van der Waals surface area contributed by atoms with Crippen LogP contribution >= 0.6 is 0 Å². The standard InChI is InChI=1S/C17H31N3/c1-4-15-12-17(20(6-3)19-15)13-16(18-5-2)11-14-9-7-8-10-14/h12,14,16,18H,4-11,13H2,1-3H3. The van der Waals surface area contributed by atoms with Crippen molar-refractivity contribution in [3.63, 3.8) is 0 Å². The summed E-state index contributed by atoms with van der Waals surface area (Å²) < 4.78 is 2.19. The number of aromatic nitrogens is 2. The fourth-order valence-electron chi connectivity index (χ4n) is 3.55. The van der Waals surface area contributed by atoms with E-state index in [4.69, 9.17) is 0 Å². The zero-order valence-corrected chi connectivity index (χ0v) is 13.5. The van der Waals surface area contributed by atoms with E-state index < -0.39 is 0 Å². The number of nitrogens with one attached hydrogen (secondary N) is 1. The highest BCUT2D eigenvalue weighted by molar-refractivity contribution is 5.12. The second-order valence-corrected chi connectivity index (χ2v) is 6.14. The van der Waals surface area contributed by atoms with E-state index in [0.717, 1.165) is 31.8 Å². The SMILES string of the molecule is CCNC(Cc1cc(CC)nn1CC)CC1CCCC1. The Morgan fingerprint density at radius 2 is 2.05 bits per heavy atom. The molecule has 3 nitrogen and oxygen atoms in total. The molecule has 0 saturated heterocycles. The summed E-state index contributed by atoms with van der Waals surface area (Å²) in [4.78, 5) is 0. The summed E-state index contributed by atoms with van der Waals surface area (Å²) in [7, 11) is 0. The first-order chi connectivity index (χ1) is 9.76. The van der Waals surface area contributed by atoms with E-state index in [9.17, 15) is 0 Å². The van der Waals surface area contributed by atoms with Gasteiger partial charge in [0.1, 0.15) is 0 Å². The molecule has 2 rings (SSSR count). The van der Waals surface area contributed by atoms with Crippen molar-refractivity contribution in [1.82, 2.24) is 15.1 Å². The Hall–Kier alpha value is -0.830. The third kappa shape index (κ3) is 4.08. The van der Waals surface area contributed by atoms with Crippen LogP contribution in [0.1, 0.15) is 64.3 Å². The average molecular weight is 277 g/mol. The fourth-order valence-corrected chi connectivity index (χ4v) is 3.55. The van der Waals surface area contributed by atoms with Crippen LogP contribution in [0.3, 0.4) is 0 Å². The van der Waals surface area contributed by atoms with Gasteiger partial charge in [-0.2, -0.15) is 5.10 Å². The van der Waals surface area contributed by atoms with Gasteiger partial charge in [-0.3, -0.25) is 4.68 Å². The molecule has 1 aromatic rings. The lowest BCUT2D eigenvalue weighted by atomic mass is 9.95. The molecule has 1 N–H and O–H groups in total.